The largest absolute Gasteiger partial charge is 0.455 e. The lowest BCUT2D eigenvalue weighted by molar-refractivity contribution is 0.00639. The summed E-state index contributed by atoms with van der Waals surface area (Å²) in [7, 11) is 0. The average Bonchev–Trinajstić information content (AvgIpc) is 2.60. The highest BCUT2D eigenvalue weighted by Gasteiger charge is 2.19. The van der Waals surface area contributed by atoms with E-state index in [4.69, 9.17) is 4.74 Å². The zero-order valence-electron chi connectivity index (χ0n) is 10.0. The number of aromatic amines is 1. The summed E-state index contributed by atoms with van der Waals surface area (Å²) >= 11 is 3.45. The van der Waals surface area contributed by atoms with Crippen LogP contribution in [0.3, 0.4) is 0 Å². The van der Waals surface area contributed by atoms with Gasteiger partial charge in [0, 0.05) is 15.4 Å². The van der Waals surface area contributed by atoms with Gasteiger partial charge in [-0.25, -0.2) is 4.79 Å². The third kappa shape index (κ3) is 2.69. The maximum absolute atomic E-state index is 11.9. The molecule has 4 heteroatoms. The molecule has 0 saturated carbocycles. The molecule has 1 N–H and O–H groups in total. The van der Waals surface area contributed by atoms with Gasteiger partial charge in [0.1, 0.15) is 11.3 Å². The van der Waals surface area contributed by atoms with E-state index in [1.165, 1.54) is 0 Å². The van der Waals surface area contributed by atoms with Crippen molar-refractivity contribution in [3.05, 3.63) is 34.4 Å². The summed E-state index contributed by atoms with van der Waals surface area (Å²) < 4.78 is 6.27. The number of esters is 1. The van der Waals surface area contributed by atoms with Crippen molar-refractivity contribution >= 4 is 32.8 Å². The Bertz CT molecular complexity index is 566. The molecule has 0 saturated heterocycles. The Kier molecular flexibility index (Phi) is 3.00. The van der Waals surface area contributed by atoms with Crippen LogP contribution >= 0.6 is 15.9 Å². The Morgan fingerprint density at radius 3 is 2.65 bits per heavy atom. The van der Waals surface area contributed by atoms with Crippen LogP contribution in [0, 0.1) is 0 Å². The first-order chi connectivity index (χ1) is 7.87. The van der Waals surface area contributed by atoms with Crippen molar-refractivity contribution < 1.29 is 9.53 Å². The molecule has 17 heavy (non-hydrogen) atoms. The number of fused-ring (bicyclic) bond motifs is 1. The van der Waals surface area contributed by atoms with E-state index in [9.17, 15) is 4.79 Å². The fraction of sp³-hybridized carbons (Fsp3) is 0.308. The van der Waals surface area contributed by atoms with Gasteiger partial charge in [0.2, 0.25) is 0 Å². The van der Waals surface area contributed by atoms with E-state index in [0.717, 1.165) is 15.4 Å². The van der Waals surface area contributed by atoms with Gasteiger partial charge in [0.15, 0.2) is 0 Å². The molecule has 0 amide bonds. The van der Waals surface area contributed by atoms with Crippen molar-refractivity contribution in [1.29, 1.82) is 0 Å². The van der Waals surface area contributed by atoms with Gasteiger partial charge >= 0.3 is 5.97 Å². The first kappa shape index (κ1) is 12.2. The Morgan fingerprint density at radius 2 is 2.06 bits per heavy atom. The number of ether oxygens (including phenoxy) is 1. The van der Waals surface area contributed by atoms with Crippen molar-refractivity contribution in [2.24, 2.45) is 0 Å². The van der Waals surface area contributed by atoms with Crippen LogP contribution in [-0.4, -0.2) is 16.6 Å². The highest BCUT2D eigenvalue weighted by atomic mass is 79.9. The number of benzene rings is 1. The lowest BCUT2D eigenvalue weighted by Crippen LogP contribution is -2.24. The molecule has 0 unspecified atom stereocenters. The number of carbonyl (C=O) groups excluding carboxylic acids is 1. The number of halogens is 1. The number of hydrogen-bond acceptors (Lipinski definition) is 2. The summed E-state index contributed by atoms with van der Waals surface area (Å²) in [5.41, 5.74) is 0.910. The van der Waals surface area contributed by atoms with Crippen LogP contribution in [0.25, 0.3) is 10.9 Å². The van der Waals surface area contributed by atoms with Crippen molar-refractivity contribution in [3.8, 4) is 0 Å². The molecule has 0 fully saturated rings. The number of carbonyl (C=O) groups is 1. The van der Waals surface area contributed by atoms with Gasteiger partial charge in [-0.1, -0.05) is 22.0 Å². The summed E-state index contributed by atoms with van der Waals surface area (Å²) in [6.07, 6.45) is 0. The van der Waals surface area contributed by atoms with Crippen molar-refractivity contribution in [2.75, 3.05) is 0 Å². The van der Waals surface area contributed by atoms with Crippen LogP contribution in [0.5, 0.6) is 0 Å². The Morgan fingerprint density at radius 1 is 1.35 bits per heavy atom. The Hall–Kier alpha value is -1.29. The molecule has 0 bridgehead atoms. The van der Waals surface area contributed by atoms with Gasteiger partial charge in [0.05, 0.1) is 0 Å². The molecule has 0 aliphatic heterocycles. The van der Waals surface area contributed by atoms with Crippen molar-refractivity contribution in [1.82, 2.24) is 4.98 Å². The standard InChI is InChI=1S/C13H14BrNO2/c1-13(2,3)17-12(16)11-7-8-9(14)5-4-6-10(8)15-11/h4-7,15H,1-3H3. The van der Waals surface area contributed by atoms with E-state index in [1.807, 2.05) is 39.0 Å². The summed E-state index contributed by atoms with van der Waals surface area (Å²) in [6.45, 7) is 5.55. The second-order valence-corrected chi connectivity index (χ2v) is 5.74. The van der Waals surface area contributed by atoms with E-state index in [2.05, 4.69) is 20.9 Å². The van der Waals surface area contributed by atoms with Gasteiger partial charge in [-0.15, -0.1) is 0 Å². The molecule has 90 valence electrons. The third-order valence-corrected chi connectivity index (χ3v) is 2.92. The monoisotopic (exact) mass is 295 g/mol. The fourth-order valence-corrected chi connectivity index (χ4v) is 2.04. The number of hydrogen-bond donors (Lipinski definition) is 1. The van der Waals surface area contributed by atoms with E-state index in [-0.39, 0.29) is 5.97 Å². The maximum atomic E-state index is 11.9. The van der Waals surface area contributed by atoms with E-state index >= 15 is 0 Å². The molecule has 0 radical (unpaired) electrons. The molecule has 0 spiro atoms. The van der Waals surface area contributed by atoms with Crippen LogP contribution in [0.4, 0.5) is 0 Å². The SMILES string of the molecule is CC(C)(C)OC(=O)c1cc2c(Br)cccc2[nH]1. The number of nitrogens with one attached hydrogen (secondary N) is 1. The van der Waals surface area contributed by atoms with Gasteiger partial charge in [-0.2, -0.15) is 0 Å². The average molecular weight is 296 g/mol. The number of rotatable bonds is 1. The molecule has 1 aromatic carbocycles. The maximum Gasteiger partial charge on any atom is 0.355 e. The molecule has 2 rings (SSSR count). The molecule has 2 aromatic rings. The van der Waals surface area contributed by atoms with Gasteiger partial charge < -0.3 is 9.72 Å². The van der Waals surface area contributed by atoms with Crippen molar-refractivity contribution in [2.45, 2.75) is 26.4 Å². The first-order valence-corrected chi connectivity index (χ1v) is 6.17. The fourth-order valence-electron chi connectivity index (χ4n) is 1.56. The van der Waals surface area contributed by atoms with Gasteiger partial charge in [-0.05, 0) is 39.0 Å². The predicted molar refractivity (Wildman–Crippen MR) is 71.2 cm³/mol. The number of aromatic nitrogens is 1. The lowest BCUT2D eigenvalue weighted by Gasteiger charge is -2.18. The highest BCUT2D eigenvalue weighted by Crippen LogP contribution is 2.25. The zero-order chi connectivity index (χ0) is 12.6. The molecule has 0 aliphatic rings. The van der Waals surface area contributed by atoms with Gasteiger partial charge in [0.25, 0.3) is 0 Å². The van der Waals surface area contributed by atoms with Crippen LogP contribution in [0.15, 0.2) is 28.7 Å². The molecule has 0 aliphatic carbocycles. The van der Waals surface area contributed by atoms with E-state index in [0.29, 0.717) is 5.69 Å². The molecule has 0 atom stereocenters. The minimum atomic E-state index is -0.481. The van der Waals surface area contributed by atoms with Crippen LogP contribution < -0.4 is 0 Å². The molecule has 1 heterocycles. The molecule has 1 aromatic heterocycles. The van der Waals surface area contributed by atoms with E-state index < -0.39 is 5.60 Å². The summed E-state index contributed by atoms with van der Waals surface area (Å²) in [4.78, 5) is 14.9. The topological polar surface area (TPSA) is 42.1 Å². The summed E-state index contributed by atoms with van der Waals surface area (Å²) in [5, 5.41) is 0.980. The van der Waals surface area contributed by atoms with Crippen LogP contribution in [0.2, 0.25) is 0 Å². The molecular formula is C13H14BrNO2. The Labute approximate surface area is 108 Å². The Balaban J connectivity index is 2.37. The summed E-state index contributed by atoms with van der Waals surface area (Å²) in [6, 6.07) is 7.58. The van der Waals surface area contributed by atoms with Crippen LogP contribution in [0.1, 0.15) is 31.3 Å². The summed E-state index contributed by atoms with van der Waals surface area (Å²) in [5.74, 6) is -0.333. The zero-order valence-corrected chi connectivity index (χ0v) is 11.6. The quantitative estimate of drug-likeness (QED) is 0.811. The minimum absolute atomic E-state index is 0.333. The van der Waals surface area contributed by atoms with Gasteiger partial charge in [-0.3, -0.25) is 0 Å². The first-order valence-electron chi connectivity index (χ1n) is 5.37. The lowest BCUT2D eigenvalue weighted by atomic mass is 10.2. The molecular weight excluding hydrogens is 282 g/mol. The minimum Gasteiger partial charge on any atom is -0.455 e. The second kappa shape index (κ2) is 4.18. The molecule has 3 nitrogen and oxygen atoms in total. The predicted octanol–water partition coefficient (Wildman–Crippen LogP) is 3.89. The second-order valence-electron chi connectivity index (χ2n) is 4.89. The number of H-pyrrole nitrogens is 1. The van der Waals surface area contributed by atoms with Crippen molar-refractivity contribution in [3.63, 3.8) is 0 Å². The van der Waals surface area contributed by atoms with E-state index in [1.54, 1.807) is 6.07 Å². The highest BCUT2D eigenvalue weighted by molar-refractivity contribution is 9.10. The smallest absolute Gasteiger partial charge is 0.355 e. The van der Waals surface area contributed by atoms with Crippen LogP contribution in [-0.2, 0) is 4.74 Å². The normalized spacial score (nSPS) is 11.8. The third-order valence-electron chi connectivity index (χ3n) is 2.23.